The summed E-state index contributed by atoms with van der Waals surface area (Å²) in [6.45, 7) is 1.83. The molecule has 0 aromatic heterocycles. The molecule has 5 heteroatoms. The molecule has 0 saturated heterocycles. The van der Waals surface area contributed by atoms with Gasteiger partial charge in [-0.1, -0.05) is 6.07 Å². The number of esters is 1. The van der Waals surface area contributed by atoms with Crippen molar-refractivity contribution in [2.75, 3.05) is 13.2 Å². The number of benzene rings is 1. The van der Waals surface area contributed by atoms with E-state index in [1.165, 1.54) is 6.07 Å². The third-order valence-electron chi connectivity index (χ3n) is 1.78. The van der Waals surface area contributed by atoms with Crippen molar-refractivity contribution in [2.24, 2.45) is 0 Å². The minimum absolute atomic E-state index is 0.0401. The molecule has 0 N–H and O–H groups in total. The SMILES string of the molecule is CCOC(=O)CCOc1c(F)cccc1F. The smallest absolute Gasteiger partial charge is 0.309 e. The number of para-hydroxylation sites is 1. The summed E-state index contributed by atoms with van der Waals surface area (Å²) in [5.41, 5.74) is 0. The number of halogens is 2. The maximum absolute atomic E-state index is 13.0. The second-order valence-corrected chi connectivity index (χ2v) is 2.95. The van der Waals surface area contributed by atoms with Crippen molar-refractivity contribution in [1.82, 2.24) is 0 Å². The summed E-state index contributed by atoms with van der Waals surface area (Å²) in [7, 11) is 0. The Morgan fingerprint density at radius 2 is 1.94 bits per heavy atom. The van der Waals surface area contributed by atoms with Gasteiger partial charge >= 0.3 is 5.97 Å². The number of ether oxygens (including phenoxy) is 2. The molecule has 0 amide bonds. The first-order valence-corrected chi connectivity index (χ1v) is 4.87. The number of carbonyl (C=O) groups excluding carboxylic acids is 1. The molecule has 1 aromatic rings. The molecule has 1 rings (SSSR count). The van der Waals surface area contributed by atoms with Crippen LogP contribution in [-0.4, -0.2) is 19.2 Å². The molecule has 16 heavy (non-hydrogen) atoms. The quantitative estimate of drug-likeness (QED) is 0.728. The van der Waals surface area contributed by atoms with Gasteiger partial charge in [-0.25, -0.2) is 8.78 Å². The Balaban J connectivity index is 2.46. The zero-order valence-corrected chi connectivity index (χ0v) is 8.83. The second kappa shape index (κ2) is 6.05. The highest BCUT2D eigenvalue weighted by Crippen LogP contribution is 2.20. The van der Waals surface area contributed by atoms with Crippen molar-refractivity contribution in [3.8, 4) is 5.75 Å². The molecular formula is C11H12F2O3. The lowest BCUT2D eigenvalue weighted by Crippen LogP contribution is -2.10. The molecule has 3 nitrogen and oxygen atoms in total. The van der Waals surface area contributed by atoms with Crippen molar-refractivity contribution in [1.29, 1.82) is 0 Å². The molecule has 0 aliphatic rings. The largest absolute Gasteiger partial charge is 0.487 e. The predicted molar refractivity (Wildman–Crippen MR) is 53.1 cm³/mol. The van der Waals surface area contributed by atoms with Gasteiger partial charge in [-0.3, -0.25) is 4.79 Å². The van der Waals surface area contributed by atoms with Crippen molar-refractivity contribution >= 4 is 5.97 Å². The van der Waals surface area contributed by atoms with E-state index in [0.717, 1.165) is 12.1 Å². The van der Waals surface area contributed by atoms with Crippen LogP contribution in [0.25, 0.3) is 0 Å². The van der Waals surface area contributed by atoms with Gasteiger partial charge in [0.25, 0.3) is 0 Å². The first kappa shape index (κ1) is 12.4. The Morgan fingerprint density at radius 1 is 1.31 bits per heavy atom. The molecule has 0 aliphatic carbocycles. The van der Waals surface area contributed by atoms with Crippen molar-refractivity contribution in [3.05, 3.63) is 29.8 Å². The summed E-state index contributed by atoms with van der Waals surface area (Å²) in [6, 6.07) is 3.41. The summed E-state index contributed by atoms with van der Waals surface area (Å²) < 4.78 is 35.6. The summed E-state index contributed by atoms with van der Waals surface area (Å²) in [4.78, 5) is 10.9. The first-order valence-electron chi connectivity index (χ1n) is 4.87. The fourth-order valence-corrected chi connectivity index (χ4v) is 1.09. The fourth-order valence-electron chi connectivity index (χ4n) is 1.09. The highest BCUT2D eigenvalue weighted by Gasteiger charge is 2.10. The average molecular weight is 230 g/mol. The summed E-state index contributed by atoms with van der Waals surface area (Å²) in [5, 5.41) is 0. The van der Waals surface area contributed by atoms with E-state index in [1.807, 2.05) is 0 Å². The maximum atomic E-state index is 13.0. The van der Waals surface area contributed by atoms with E-state index in [1.54, 1.807) is 6.92 Å². The van der Waals surface area contributed by atoms with Gasteiger partial charge < -0.3 is 9.47 Å². The van der Waals surface area contributed by atoms with Crippen LogP contribution in [0, 0.1) is 11.6 Å². The molecule has 0 unspecified atom stereocenters. The maximum Gasteiger partial charge on any atom is 0.309 e. The van der Waals surface area contributed by atoms with Gasteiger partial charge in [0.2, 0.25) is 0 Å². The molecule has 88 valence electrons. The molecule has 1 aromatic carbocycles. The van der Waals surface area contributed by atoms with Gasteiger partial charge in [0.1, 0.15) is 0 Å². The lowest BCUT2D eigenvalue weighted by Gasteiger charge is -2.07. The molecule has 0 fully saturated rings. The number of carbonyl (C=O) groups is 1. The van der Waals surface area contributed by atoms with Crippen LogP contribution in [0.15, 0.2) is 18.2 Å². The Morgan fingerprint density at radius 3 is 2.50 bits per heavy atom. The van der Waals surface area contributed by atoms with Crippen molar-refractivity contribution in [3.63, 3.8) is 0 Å². The third-order valence-corrected chi connectivity index (χ3v) is 1.78. The lowest BCUT2D eigenvalue weighted by molar-refractivity contribution is -0.143. The zero-order valence-electron chi connectivity index (χ0n) is 8.83. The van der Waals surface area contributed by atoms with Crippen LogP contribution in [0.3, 0.4) is 0 Å². The molecule has 0 bridgehead atoms. The first-order chi connectivity index (χ1) is 7.65. The van der Waals surface area contributed by atoms with Gasteiger partial charge in [-0.05, 0) is 19.1 Å². The molecular weight excluding hydrogens is 218 g/mol. The molecule has 0 heterocycles. The van der Waals surface area contributed by atoms with E-state index in [0.29, 0.717) is 0 Å². The zero-order chi connectivity index (χ0) is 12.0. The van der Waals surface area contributed by atoms with Crippen LogP contribution in [-0.2, 0) is 9.53 Å². The lowest BCUT2D eigenvalue weighted by atomic mass is 10.3. The van der Waals surface area contributed by atoms with Crippen LogP contribution in [0.5, 0.6) is 5.75 Å². The van der Waals surface area contributed by atoms with Crippen LogP contribution in [0.1, 0.15) is 13.3 Å². The Hall–Kier alpha value is -1.65. The van der Waals surface area contributed by atoms with E-state index in [4.69, 9.17) is 4.74 Å². The molecule has 0 atom stereocenters. The molecule has 0 spiro atoms. The highest BCUT2D eigenvalue weighted by molar-refractivity contribution is 5.69. The van der Waals surface area contributed by atoms with E-state index in [-0.39, 0.29) is 19.6 Å². The normalized spacial score (nSPS) is 9.94. The second-order valence-electron chi connectivity index (χ2n) is 2.95. The van der Waals surface area contributed by atoms with Crippen LogP contribution < -0.4 is 4.74 Å². The minimum atomic E-state index is -0.788. The Bertz CT molecular complexity index is 346. The molecule has 0 radical (unpaired) electrons. The van der Waals surface area contributed by atoms with Gasteiger partial charge in [0, 0.05) is 0 Å². The monoisotopic (exact) mass is 230 g/mol. The summed E-state index contributed by atoms with van der Waals surface area (Å²) >= 11 is 0. The van der Waals surface area contributed by atoms with Crippen LogP contribution in [0.4, 0.5) is 8.78 Å². The number of hydrogen-bond donors (Lipinski definition) is 0. The summed E-state index contributed by atoms with van der Waals surface area (Å²) in [6.07, 6.45) is -0.0401. The number of hydrogen-bond acceptors (Lipinski definition) is 3. The average Bonchev–Trinajstić information content (AvgIpc) is 2.23. The predicted octanol–water partition coefficient (Wildman–Crippen LogP) is 2.30. The molecule has 0 aliphatic heterocycles. The Labute approximate surface area is 92.0 Å². The van der Waals surface area contributed by atoms with E-state index in [9.17, 15) is 13.6 Å². The van der Waals surface area contributed by atoms with Crippen LogP contribution >= 0.6 is 0 Å². The van der Waals surface area contributed by atoms with E-state index in [2.05, 4.69) is 4.74 Å². The number of rotatable bonds is 5. The van der Waals surface area contributed by atoms with Crippen molar-refractivity contribution in [2.45, 2.75) is 13.3 Å². The fraction of sp³-hybridized carbons (Fsp3) is 0.364. The van der Waals surface area contributed by atoms with Crippen LogP contribution in [0.2, 0.25) is 0 Å². The summed E-state index contributed by atoms with van der Waals surface area (Å²) in [5.74, 6) is -2.50. The third kappa shape index (κ3) is 3.49. The van der Waals surface area contributed by atoms with Gasteiger partial charge in [0.05, 0.1) is 19.6 Å². The standard InChI is InChI=1S/C11H12F2O3/c1-2-15-10(14)6-7-16-11-8(12)4-3-5-9(11)13/h3-5H,2,6-7H2,1H3. The van der Waals surface area contributed by atoms with Gasteiger partial charge in [-0.2, -0.15) is 0 Å². The van der Waals surface area contributed by atoms with E-state index >= 15 is 0 Å². The molecule has 0 saturated carbocycles. The van der Waals surface area contributed by atoms with Gasteiger partial charge in [0.15, 0.2) is 17.4 Å². The minimum Gasteiger partial charge on any atom is -0.487 e. The Kier molecular flexibility index (Phi) is 4.69. The van der Waals surface area contributed by atoms with Crippen molar-refractivity contribution < 1.29 is 23.0 Å². The van der Waals surface area contributed by atoms with E-state index < -0.39 is 23.4 Å². The highest BCUT2D eigenvalue weighted by atomic mass is 19.1. The topological polar surface area (TPSA) is 35.5 Å². The van der Waals surface area contributed by atoms with Gasteiger partial charge in [-0.15, -0.1) is 0 Å².